The van der Waals surface area contributed by atoms with Gasteiger partial charge < -0.3 is 10.7 Å². The Morgan fingerprint density at radius 2 is 2.23 bits per heavy atom. The maximum absolute atomic E-state index is 7.45. The third-order valence-electron chi connectivity index (χ3n) is 3.24. The highest BCUT2D eigenvalue weighted by Crippen LogP contribution is 2.27. The first kappa shape index (κ1) is 10.7. The summed E-state index contributed by atoms with van der Waals surface area (Å²) < 4.78 is 0. The normalized spacial score (nSPS) is 28.8. The fraction of sp³-hybridized carbons (Fsp3) is 0.909. The van der Waals surface area contributed by atoms with Crippen LogP contribution in [0.3, 0.4) is 0 Å². The summed E-state index contributed by atoms with van der Waals surface area (Å²) in [5.74, 6) is 0. The van der Waals surface area contributed by atoms with Gasteiger partial charge in [-0.05, 0) is 45.6 Å². The molecule has 1 heterocycles. The number of piperidine rings is 1. The Hall–Kier alpha value is -0.370. The topological polar surface area (TPSA) is 35.9 Å². The maximum atomic E-state index is 7.45. The summed E-state index contributed by atoms with van der Waals surface area (Å²) in [4.78, 5) is 0. The molecule has 0 aliphatic carbocycles. The zero-order valence-electron chi connectivity index (χ0n) is 8.95. The molecule has 1 saturated heterocycles. The van der Waals surface area contributed by atoms with Crippen molar-refractivity contribution in [1.82, 2.24) is 5.32 Å². The van der Waals surface area contributed by atoms with Crippen molar-refractivity contribution in [1.29, 1.82) is 5.41 Å². The summed E-state index contributed by atoms with van der Waals surface area (Å²) in [5, 5.41) is 11.1. The molecule has 1 fully saturated rings. The fourth-order valence-corrected chi connectivity index (χ4v) is 2.15. The average molecular weight is 182 g/mol. The number of hydrogen-bond acceptors (Lipinski definition) is 2. The van der Waals surface area contributed by atoms with Crippen molar-refractivity contribution < 1.29 is 0 Å². The second-order valence-corrected chi connectivity index (χ2v) is 4.30. The summed E-state index contributed by atoms with van der Waals surface area (Å²) in [7, 11) is 0. The molecule has 76 valence electrons. The smallest absolute Gasteiger partial charge is 0.0182 e. The molecule has 0 bridgehead atoms. The molecule has 0 saturated carbocycles. The molecule has 0 radical (unpaired) electrons. The van der Waals surface area contributed by atoms with Crippen molar-refractivity contribution in [3.63, 3.8) is 0 Å². The lowest BCUT2D eigenvalue weighted by Gasteiger charge is -2.38. The molecule has 1 aliphatic rings. The van der Waals surface area contributed by atoms with Gasteiger partial charge in [-0.15, -0.1) is 0 Å². The van der Waals surface area contributed by atoms with E-state index >= 15 is 0 Å². The Morgan fingerprint density at radius 3 is 2.69 bits per heavy atom. The van der Waals surface area contributed by atoms with E-state index in [1.54, 1.807) is 0 Å². The summed E-state index contributed by atoms with van der Waals surface area (Å²) in [6, 6.07) is 0. The van der Waals surface area contributed by atoms with Crippen molar-refractivity contribution in [2.75, 3.05) is 6.54 Å². The van der Waals surface area contributed by atoms with Crippen molar-refractivity contribution in [2.24, 2.45) is 0 Å². The van der Waals surface area contributed by atoms with Crippen LogP contribution in [0.5, 0.6) is 0 Å². The van der Waals surface area contributed by atoms with Gasteiger partial charge in [-0.25, -0.2) is 0 Å². The molecule has 0 aromatic rings. The van der Waals surface area contributed by atoms with E-state index in [-0.39, 0.29) is 0 Å². The predicted octanol–water partition coefficient (Wildman–Crippen LogP) is 2.73. The summed E-state index contributed by atoms with van der Waals surface area (Å²) in [5.41, 5.74) is 1.18. The van der Waals surface area contributed by atoms with Gasteiger partial charge in [0.05, 0.1) is 0 Å². The van der Waals surface area contributed by atoms with Crippen molar-refractivity contribution >= 4 is 5.71 Å². The third kappa shape index (κ3) is 3.11. The minimum absolute atomic E-state index is 0.362. The van der Waals surface area contributed by atoms with Gasteiger partial charge in [0.1, 0.15) is 0 Å². The van der Waals surface area contributed by atoms with E-state index in [1.165, 1.54) is 32.2 Å². The van der Waals surface area contributed by atoms with Crippen LogP contribution in [0.4, 0.5) is 0 Å². The van der Waals surface area contributed by atoms with Crippen molar-refractivity contribution in [3.8, 4) is 0 Å². The zero-order valence-corrected chi connectivity index (χ0v) is 8.95. The van der Waals surface area contributed by atoms with E-state index in [9.17, 15) is 0 Å². The van der Waals surface area contributed by atoms with Gasteiger partial charge in [-0.3, -0.25) is 0 Å². The van der Waals surface area contributed by atoms with Gasteiger partial charge in [0.15, 0.2) is 0 Å². The monoisotopic (exact) mass is 182 g/mol. The van der Waals surface area contributed by atoms with Crippen LogP contribution >= 0.6 is 0 Å². The second kappa shape index (κ2) is 4.75. The van der Waals surface area contributed by atoms with Crippen molar-refractivity contribution in [3.05, 3.63) is 0 Å². The SMILES string of the molecule is CCC1(CCC(C)=N)CCCCN1. The molecule has 2 N–H and O–H groups in total. The first-order valence-corrected chi connectivity index (χ1v) is 5.47. The molecule has 0 aromatic heterocycles. The fourth-order valence-electron chi connectivity index (χ4n) is 2.15. The Morgan fingerprint density at radius 1 is 1.46 bits per heavy atom. The quantitative estimate of drug-likeness (QED) is 0.644. The van der Waals surface area contributed by atoms with Gasteiger partial charge in [-0.1, -0.05) is 13.3 Å². The van der Waals surface area contributed by atoms with Crippen LogP contribution in [-0.4, -0.2) is 17.8 Å². The Labute approximate surface area is 81.6 Å². The lowest BCUT2D eigenvalue weighted by atomic mass is 9.82. The minimum Gasteiger partial charge on any atom is -0.311 e. The number of rotatable bonds is 4. The molecule has 1 unspecified atom stereocenters. The van der Waals surface area contributed by atoms with Gasteiger partial charge in [0.25, 0.3) is 0 Å². The van der Waals surface area contributed by atoms with Crippen LogP contribution in [0.15, 0.2) is 0 Å². The first-order chi connectivity index (χ1) is 6.18. The largest absolute Gasteiger partial charge is 0.311 e. The van der Waals surface area contributed by atoms with Gasteiger partial charge >= 0.3 is 0 Å². The molecular weight excluding hydrogens is 160 g/mol. The highest BCUT2D eigenvalue weighted by molar-refractivity contribution is 5.78. The van der Waals surface area contributed by atoms with E-state index in [4.69, 9.17) is 5.41 Å². The van der Waals surface area contributed by atoms with Gasteiger partial charge in [0.2, 0.25) is 0 Å². The molecule has 0 amide bonds. The number of nitrogens with one attached hydrogen (secondary N) is 2. The molecular formula is C11H22N2. The maximum Gasteiger partial charge on any atom is 0.0182 e. The molecule has 2 nitrogen and oxygen atoms in total. The third-order valence-corrected chi connectivity index (χ3v) is 3.24. The summed E-state index contributed by atoms with van der Waals surface area (Å²) in [6.07, 6.45) is 7.31. The first-order valence-electron chi connectivity index (χ1n) is 5.47. The molecule has 1 atom stereocenters. The van der Waals surface area contributed by atoms with Crippen LogP contribution < -0.4 is 5.32 Å². The van der Waals surface area contributed by atoms with E-state index in [0.29, 0.717) is 5.54 Å². The molecule has 0 spiro atoms. The van der Waals surface area contributed by atoms with Crippen LogP contribution in [0, 0.1) is 5.41 Å². The molecule has 2 heteroatoms. The van der Waals surface area contributed by atoms with Crippen molar-refractivity contribution in [2.45, 2.75) is 57.9 Å². The summed E-state index contributed by atoms with van der Waals surface area (Å²) in [6.45, 7) is 5.34. The van der Waals surface area contributed by atoms with Crippen LogP contribution in [0.1, 0.15) is 52.4 Å². The Kier molecular flexibility index (Phi) is 3.91. The van der Waals surface area contributed by atoms with Crippen LogP contribution in [0.2, 0.25) is 0 Å². The lowest BCUT2D eigenvalue weighted by Crippen LogP contribution is -2.48. The second-order valence-electron chi connectivity index (χ2n) is 4.30. The van der Waals surface area contributed by atoms with E-state index in [1.807, 2.05) is 6.92 Å². The standard InChI is InChI=1S/C11H22N2/c1-3-11(8-6-10(2)12)7-4-5-9-13-11/h12-13H,3-9H2,1-2H3. The molecule has 1 rings (SSSR count). The number of hydrogen-bond donors (Lipinski definition) is 2. The summed E-state index contributed by atoms with van der Waals surface area (Å²) >= 11 is 0. The predicted molar refractivity (Wildman–Crippen MR) is 57.5 cm³/mol. The lowest BCUT2D eigenvalue weighted by molar-refractivity contribution is 0.232. The Balaban J connectivity index is 2.42. The van der Waals surface area contributed by atoms with E-state index in [0.717, 1.165) is 18.6 Å². The zero-order chi connectivity index (χ0) is 9.73. The van der Waals surface area contributed by atoms with E-state index < -0.39 is 0 Å². The van der Waals surface area contributed by atoms with E-state index in [2.05, 4.69) is 12.2 Å². The highest BCUT2D eigenvalue weighted by Gasteiger charge is 2.28. The Bertz CT molecular complexity index is 169. The minimum atomic E-state index is 0.362. The van der Waals surface area contributed by atoms with Crippen LogP contribution in [-0.2, 0) is 0 Å². The van der Waals surface area contributed by atoms with Crippen LogP contribution in [0.25, 0.3) is 0 Å². The molecule has 0 aromatic carbocycles. The highest BCUT2D eigenvalue weighted by atomic mass is 15.0. The van der Waals surface area contributed by atoms with Gasteiger partial charge in [0, 0.05) is 11.3 Å². The average Bonchev–Trinajstić information content (AvgIpc) is 2.16. The molecule has 1 aliphatic heterocycles. The van der Waals surface area contributed by atoms with Gasteiger partial charge in [-0.2, -0.15) is 0 Å². The molecule has 13 heavy (non-hydrogen) atoms.